The molecule has 2 aliphatic heterocycles. The molecule has 2 fully saturated rings. The van der Waals surface area contributed by atoms with Gasteiger partial charge in [0, 0.05) is 25.5 Å². The zero-order valence-corrected chi connectivity index (χ0v) is 12.0. The number of hydrogen-bond donors (Lipinski definition) is 1. The fraction of sp³-hybridized carbons (Fsp3) is 0.727. The first-order chi connectivity index (χ1) is 8.24. The third-order valence-electron chi connectivity index (χ3n) is 3.79. The molecule has 19 heavy (non-hydrogen) atoms. The van der Waals surface area contributed by atoms with Crippen molar-refractivity contribution in [3.8, 4) is 0 Å². The largest absolute Gasteiger partial charge is 0.319 e. The highest BCUT2D eigenvalue weighted by Crippen LogP contribution is 2.27. The predicted molar refractivity (Wildman–Crippen MR) is 73.1 cm³/mol. The number of fused-ring (bicyclic) bond motifs is 1. The highest BCUT2D eigenvalue weighted by molar-refractivity contribution is 5.85. The molecule has 1 aromatic rings. The number of hydrogen-bond acceptors (Lipinski definition) is 3. The first-order valence-corrected chi connectivity index (χ1v) is 5.97. The second-order valence-corrected chi connectivity index (χ2v) is 4.90. The number of nitrogens with zero attached hydrogens (tertiary/aromatic N) is 3. The van der Waals surface area contributed by atoms with E-state index in [0.29, 0.717) is 24.2 Å². The summed E-state index contributed by atoms with van der Waals surface area (Å²) in [5.74, 6) is 1.84. The summed E-state index contributed by atoms with van der Waals surface area (Å²) in [5, 5.41) is 3.37. The molecule has 2 saturated heterocycles. The molecule has 110 valence electrons. The second-order valence-electron chi connectivity index (χ2n) is 4.90. The van der Waals surface area contributed by atoms with Gasteiger partial charge < -0.3 is 5.32 Å². The zero-order valence-electron chi connectivity index (χ0n) is 10.3. The highest BCUT2D eigenvalue weighted by atomic mass is 35.5. The van der Waals surface area contributed by atoms with Crippen LogP contribution >= 0.6 is 24.8 Å². The molecule has 0 aromatic carbocycles. The van der Waals surface area contributed by atoms with Crippen LogP contribution in [-0.4, -0.2) is 40.6 Å². The van der Waals surface area contributed by atoms with Crippen molar-refractivity contribution >= 4 is 24.8 Å². The van der Waals surface area contributed by atoms with Crippen molar-refractivity contribution in [2.45, 2.75) is 13.1 Å². The fourth-order valence-electron chi connectivity index (χ4n) is 2.93. The van der Waals surface area contributed by atoms with Crippen LogP contribution in [0, 0.1) is 11.8 Å². The molecular formula is C11H18Cl2F2N4. The monoisotopic (exact) mass is 314 g/mol. The van der Waals surface area contributed by atoms with Crippen molar-refractivity contribution in [2.24, 2.45) is 11.8 Å². The molecule has 0 bridgehead atoms. The maximum absolute atomic E-state index is 12.7. The number of aromatic nitrogens is 2. The van der Waals surface area contributed by atoms with Crippen LogP contribution in [-0.2, 0) is 6.54 Å². The van der Waals surface area contributed by atoms with Gasteiger partial charge in [-0.15, -0.1) is 24.8 Å². The minimum absolute atomic E-state index is 0. The molecule has 1 N–H and O–H groups in total. The molecule has 2 atom stereocenters. The van der Waals surface area contributed by atoms with E-state index in [9.17, 15) is 8.78 Å². The van der Waals surface area contributed by atoms with Gasteiger partial charge in [0.05, 0.1) is 6.54 Å². The van der Waals surface area contributed by atoms with E-state index >= 15 is 0 Å². The Hall–Kier alpha value is -0.430. The maximum atomic E-state index is 12.7. The van der Waals surface area contributed by atoms with Crippen LogP contribution in [0.2, 0.25) is 0 Å². The van der Waals surface area contributed by atoms with Crippen molar-refractivity contribution in [1.82, 2.24) is 19.8 Å². The summed E-state index contributed by atoms with van der Waals surface area (Å²) >= 11 is 0. The van der Waals surface area contributed by atoms with Crippen molar-refractivity contribution in [1.29, 1.82) is 0 Å². The molecule has 0 spiro atoms. The predicted octanol–water partition coefficient (Wildman–Crippen LogP) is 1.77. The third kappa shape index (κ3) is 3.37. The number of imidazole rings is 1. The topological polar surface area (TPSA) is 33.1 Å². The average molecular weight is 315 g/mol. The molecule has 0 amide bonds. The Labute approximate surface area is 123 Å². The standard InChI is InChI=1S/C11H16F2N4.2ClH/c12-11(13)17-2-1-15-10(17)7-16-5-8-3-14-4-9(8)6-16;;/h1-2,8-9,11,14H,3-7H2;2*1H/t8-,9+;;. The number of nitrogens with one attached hydrogen (secondary N) is 1. The fourth-order valence-corrected chi connectivity index (χ4v) is 2.93. The van der Waals surface area contributed by atoms with Crippen LogP contribution in [0.4, 0.5) is 8.78 Å². The van der Waals surface area contributed by atoms with E-state index in [-0.39, 0.29) is 24.8 Å². The minimum atomic E-state index is -2.49. The van der Waals surface area contributed by atoms with E-state index in [1.165, 1.54) is 12.4 Å². The number of likely N-dealkylation sites (tertiary alicyclic amines) is 1. The SMILES string of the molecule is Cl.Cl.FC(F)n1ccnc1CN1C[C@H]2CNC[C@H]2C1. The lowest BCUT2D eigenvalue weighted by atomic mass is 10.0. The third-order valence-corrected chi connectivity index (χ3v) is 3.79. The van der Waals surface area contributed by atoms with Crippen molar-refractivity contribution in [3.63, 3.8) is 0 Å². The lowest BCUT2D eigenvalue weighted by Gasteiger charge is -2.17. The summed E-state index contributed by atoms with van der Waals surface area (Å²) in [6.07, 6.45) is 2.79. The van der Waals surface area contributed by atoms with E-state index in [2.05, 4.69) is 15.2 Å². The summed E-state index contributed by atoms with van der Waals surface area (Å²) in [7, 11) is 0. The van der Waals surface area contributed by atoms with Crippen LogP contribution in [0.25, 0.3) is 0 Å². The lowest BCUT2D eigenvalue weighted by molar-refractivity contribution is 0.0643. The van der Waals surface area contributed by atoms with Gasteiger partial charge in [-0.3, -0.25) is 9.47 Å². The molecule has 3 heterocycles. The van der Waals surface area contributed by atoms with Crippen molar-refractivity contribution in [3.05, 3.63) is 18.2 Å². The molecule has 0 unspecified atom stereocenters. The number of halogens is 4. The van der Waals surface area contributed by atoms with Crippen LogP contribution in [0.5, 0.6) is 0 Å². The highest BCUT2D eigenvalue weighted by Gasteiger charge is 2.36. The van der Waals surface area contributed by atoms with E-state index in [1.54, 1.807) is 0 Å². The van der Waals surface area contributed by atoms with Gasteiger partial charge in [-0.25, -0.2) is 4.98 Å². The Balaban J connectivity index is 0.000000902. The quantitative estimate of drug-likeness (QED) is 0.923. The second kappa shape index (κ2) is 6.83. The number of rotatable bonds is 3. The Morgan fingerprint density at radius 3 is 2.47 bits per heavy atom. The van der Waals surface area contributed by atoms with Crippen LogP contribution < -0.4 is 5.32 Å². The molecule has 2 aliphatic rings. The maximum Gasteiger partial charge on any atom is 0.319 e. The molecular weight excluding hydrogens is 297 g/mol. The summed E-state index contributed by atoms with van der Waals surface area (Å²) < 4.78 is 26.3. The van der Waals surface area contributed by atoms with E-state index in [1.807, 2.05) is 0 Å². The van der Waals surface area contributed by atoms with Crippen LogP contribution in [0.15, 0.2) is 12.4 Å². The van der Waals surface area contributed by atoms with E-state index in [4.69, 9.17) is 0 Å². The van der Waals surface area contributed by atoms with Gasteiger partial charge in [0.1, 0.15) is 5.82 Å². The summed E-state index contributed by atoms with van der Waals surface area (Å²) in [6.45, 7) is 2.15. The van der Waals surface area contributed by atoms with Gasteiger partial charge >= 0.3 is 6.55 Å². The molecule has 4 nitrogen and oxygen atoms in total. The Morgan fingerprint density at radius 2 is 1.89 bits per heavy atom. The van der Waals surface area contributed by atoms with Crippen molar-refractivity contribution in [2.75, 3.05) is 26.2 Å². The minimum Gasteiger partial charge on any atom is -0.316 e. The van der Waals surface area contributed by atoms with Gasteiger partial charge in [-0.1, -0.05) is 0 Å². The van der Waals surface area contributed by atoms with E-state index < -0.39 is 6.55 Å². The normalized spacial score (nSPS) is 26.1. The average Bonchev–Trinajstić information content (AvgIpc) is 2.91. The summed E-state index contributed by atoms with van der Waals surface area (Å²) in [6, 6.07) is 0. The van der Waals surface area contributed by atoms with Gasteiger partial charge in [0.15, 0.2) is 0 Å². The lowest BCUT2D eigenvalue weighted by Crippen LogP contribution is -2.26. The smallest absolute Gasteiger partial charge is 0.316 e. The molecule has 0 aliphatic carbocycles. The van der Waals surface area contributed by atoms with Gasteiger partial charge in [-0.2, -0.15) is 8.78 Å². The Kier molecular flexibility index (Phi) is 5.98. The first kappa shape index (κ1) is 16.6. The molecule has 0 saturated carbocycles. The number of alkyl halides is 2. The zero-order chi connectivity index (χ0) is 11.8. The molecule has 3 rings (SSSR count). The molecule has 8 heteroatoms. The summed E-state index contributed by atoms with van der Waals surface area (Å²) in [4.78, 5) is 6.25. The van der Waals surface area contributed by atoms with Gasteiger partial charge in [-0.05, 0) is 24.9 Å². The van der Waals surface area contributed by atoms with Crippen LogP contribution in [0.3, 0.4) is 0 Å². The van der Waals surface area contributed by atoms with Crippen molar-refractivity contribution < 1.29 is 8.78 Å². The van der Waals surface area contributed by atoms with Gasteiger partial charge in [0.2, 0.25) is 0 Å². The Bertz CT molecular complexity index is 390. The Morgan fingerprint density at radius 1 is 1.26 bits per heavy atom. The summed E-state index contributed by atoms with van der Waals surface area (Å²) in [5.41, 5.74) is 0. The molecule has 0 radical (unpaired) electrons. The van der Waals surface area contributed by atoms with E-state index in [0.717, 1.165) is 30.7 Å². The van der Waals surface area contributed by atoms with Gasteiger partial charge in [0.25, 0.3) is 0 Å². The molecule has 1 aromatic heterocycles. The van der Waals surface area contributed by atoms with Crippen LogP contribution in [0.1, 0.15) is 12.4 Å². The first-order valence-electron chi connectivity index (χ1n) is 5.97.